The Balaban J connectivity index is 1.72. The van der Waals surface area contributed by atoms with Crippen LogP contribution in [0.5, 0.6) is 0 Å². The van der Waals surface area contributed by atoms with Gasteiger partial charge in [-0.2, -0.15) is 5.26 Å². The molecule has 2 unspecified atom stereocenters. The van der Waals surface area contributed by atoms with Gasteiger partial charge in [0.25, 0.3) is 0 Å². The molecule has 39 heavy (non-hydrogen) atoms. The second kappa shape index (κ2) is 12.1. The number of halogens is 3. The topological polar surface area (TPSA) is 137 Å². The summed E-state index contributed by atoms with van der Waals surface area (Å²) in [6, 6.07) is 8.74. The lowest BCUT2D eigenvalue weighted by molar-refractivity contribution is -0.203. The number of rotatable bonds is 7. The van der Waals surface area contributed by atoms with Crippen molar-refractivity contribution < 1.29 is 37.7 Å². The van der Waals surface area contributed by atoms with Crippen molar-refractivity contribution in [2.45, 2.75) is 48.5 Å². The molecule has 0 aliphatic carbocycles. The Labute approximate surface area is 230 Å². The molecule has 2 aromatic carbocycles. The number of benzene rings is 2. The number of aromatic nitrogens is 3. The summed E-state index contributed by atoms with van der Waals surface area (Å²) in [4.78, 5) is 24.1. The second-order valence-corrected chi connectivity index (χ2v) is 10.1. The number of carbonyl (C=O) groups excluding carboxylic acids is 2. The van der Waals surface area contributed by atoms with E-state index in [9.17, 15) is 23.5 Å². The van der Waals surface area contributed by atoms with Crippen LogP contribution in [0.25, 0.3) is 11.3 Å². The van der Waals surface area contributed by atoms with E-state index in [1.807, 2.05) is 6.07 Å². The summed E-state index contributed by atoms with van der Waals surface area (Å²) in [6.45, 7) is 2.05. The van der Waals surface area contributed by atoms with E-state index in [1.54, 1.807) is 6.07 Å². The maximum atomic E-state index is 13.8. The standard InChI is InChI=1S/C25H21ClF2N4O6S/c1-12(33)36-11-21-24(37-13(2)34)22(32-10-20(30-31-32)14-4-6-18(27)19(28)7-14)23(35)25(38-21)39-16-5-3-15(9-29)17(26)8-16/h3-8,10,21-25,35H,11H2,1-2H3/t21?,22?,23-,24-,25+/m0/s1. The highest BCUT2D eigenvalue weighted by Gasteiger charge is 2.49. The highest BCUT2D eigenvalue weighted by atomic mass is 35.5. The first kappa shape index (κ1) is 28.4. The van der Waals surface area contributed by atoms with Crippen molar-refractivity contribution in [3.05, 3.63) is 64.8 Å². The van der Waals surface area contributed by atoms with Gasteiger partial charge in [-0.3, -0.25) is 9.59 Å². The maximum absolute atomic E-state index is 13.8. The molecule has 4 rings (SSSR count). The van der Waals surface area contributed by atoms with Crippen molar-refractivity contribution in [3.8, 4) is 17.3 Å². The zero-order valence-electron chi connectivity index (χ0n) is 20.5. The van der Waals surface area contributed by atoms with Gasteiger partial charge >= 0.3 is 11.9 Å². The molecule has 2 heterocycles. The van der Waals surface area contributed by atoms with E-state index in [2.05, 4.69) is 10.3 Å². The molecular formula is C25H21ClF2N4O6S. The molecule has 0 saturated carbocycles. The van der Waals surface area contributed by atoms with Crippen LogP contribution in [0, 0.1) is 23.0 Å². The van der Waals surface area contributed by atoms with Crippen LogP contribution in [0.2, 0.25) is 5.02 Å². The number of aliphatic hydroxyl groups is 1. The molecule has 0 radical (unpaired) electrons. The van der Waals surface area contributed by atoms with E-state index in [4.69, 9.17) is 31.1 Å². The van der Waals surface area contributed by atoms with Crippen LogP contribution in [0.1, 0.15) is 25.5 Å². The van der Waals surface area contributed by atoms with Crippen LogP contribution in [0.4, 0.5) is 8.78 Å². The van der Waals surface area contributed by atoms with Gasteiger partial charge in [0, 0.05) is 24.3 Å². The minimum atomic E-state index is -1.37. The van der Waals surface area contributed by atoms with Crippen LogP contribution in [0.3, 0.4) is 0 Å². The fourth-order valence-electron chi connectivity index (χ4n) is 3.98. The first-order valence-corrected chi connectivity index (χ1v) is 12.7. The summed E-state index contributed by atoms with van der Waals surface area (Å²) in [5.74, 6) is -3.41. The second-order valence-electron chi connectivity index (χ2n) is 8.48. The highest BCUT2D eigenvalue weighted by molar-refractivity contribution is 7.99. The molecule has 1 N–H and O–H groups in total. The average Bonchev–Trinajstić information content (AvgIpc) is 3.36. The molecule has 0 amide bonds. The molecule has 1 aliphatic rings. The van der Waals surface area contributed by atoms with Crippen molar-refractivity contribution >= 4 is 35.3 Å². The molecule has 14 heteroatoms. The average molecular weight is 579 g/mol. The van der Waals surface area contributed by atoms with Crippen LogP contribution >= 0.6 is 23.4 Å². The van der Waals surface area contributed by atoms with Gasteiger partial charge in [0.2, 0.25) is 0 Å². The van der Waals surface area contributed by atoms with Gasteiger partial charge in [-0.1, -0.05) is 28.6 Å². The minimum absolute atomic E-state index is 0.161. The highest BCUT2D eigenvalue weighted by Crippen LogP contribution is 2.40. The van der Waals surface area contributed by atoms with Crippen LogP contribution in [0.15, 0.2) is 47.5 Å². The van der Waals surface area contributed by atoms with E-state index in [0.717, 1.165) is 23.9 Å². The number of hydrogen-bond acceptors (Lipinski definition) is 10. The number of esters is 2. The third-order valence-electron chi connectivity index (χ3n) is 5.74. The number of thioether (sulfide) groups is 1. The van der Waals surface area contributed by atoms with Crippen LogP contribution in [-0.2, 0) is 23.8 Å². The Kier molecular flexibility index (Phi) is 8.81. The first-order valence-electron chi connectivity index (χ1n) is 11.4. The fraction of sp³-hybridized carbons (Fsp3) is 0.320. The molecule has 1 aromatic heterocycles. The minimum Gasteiger partial charge on any atom is -0.463 e. The molecule has 1 aliphatic heterocycles. The monoisotopic (exact) mass is 578 g/mol. The molecule has 1 saturated heterocycles. The van der Waals surface area contributed by atoms with Crippen LogP contribution < -0.4 is 0 Å². The largest absolute Gasteiger partial charge is 0.463 e. The predicted octanol–water partition coefficient (Wildman–Crippen LogP) is 3.66. The van der Waals surface area contributed by atoms with Gasteiger partial charge in [-0.25, -0.2) is 13.5 Å². The number of nitrogens with zero attached hydrogens (tertiary/aromatic N) is 4. The summed E-state index contributed by atoms with van der Waals surface area (Å²) in [5, 5.41) is 28.8. The molecule has 5 atom stereocenters. The quantitative estimate of drug-likeness (QED) is 0.413. The number of hydrogen-bond donors (Lipinski definition) is 1. The van der Waals surface area contributed by atoms with E-state index < -0.39 is 53.4 Å². The number of carbonyl (C=O) groups is 2. The van der Waals surface area contributed by atoms with Crippen molar-refractivity contribution in [3.63, 3.8) is 0 Å². The van der Waals surface area contributed by atoms with Crippen LogP contribution in [-0.4, -0.2) is 62.4 Å². The SMILES string of the molecule is CC(=O)OCC1O[C@H](Sc2ccc(C#N)c(Cl)c2)[C@@H](O)C(n2cc(-c3ccc(F)c(F)c3)nn2)[C@H]1OC(C)=O. The summed E-state index contributed by atoms with van der Waals surface area (Å²) >= 11 is 7.23. The van der Waals surface area contributed by atoms with Gasteiger partial charge in [-0.05, 0) is 36.4 Å². The van der Waals surface area contributed by atoms with Crippen molar-refractivity contribution in [1.82, 2.24) is 15.0 Å². The Bertz CT molecular complexity index is 1430. The molecule has 1 fully saturated rings. The van der Waals surface area contributed by atoms with Gasteiger partial charge < -0.3 is 19.3 Å². The van der Waals surface area contributed by atoms with Gasteiger partial charge in [-0.15, -0.1) is 5.10 Å². The normalized spacial score (nSPS) is 22.6. The lowest BCUT2D eigenvalue weighted by atomic mass is 9.97. The Morgan fingerprint density at radius 2 is 1.97 bits per heavy atom. The Morgan fingerprint density at radius 3 is 2.62 bits per heavy atom. The van der Waals surface area contributed by atoms with Gasteiger partial charge in [0.15, 0.2) is 17.7 Å². The lowest BCUT2D eigenvalue weighted by Gasteiger charge is -2.43. The fourth-order valence-corrected chi connectivity index (χ4v) is 5.37. The van der Waals surface area contributed by atoms with E-state index in [1.165, 1.54) is 42.9 Å². The molecule has 3 aromatic rings. The predicted molar refractivity (Wildman–Crippen MR) is 133 cm³/mol. The summed E-state index contributed by atoms with van der Waals surface area (Å²) in [6.07, 6.45) is -2.21. The molecule has 204 valence electrons. The number of aliphatic hydroxyl groups excluding tert-OH is 1. The van der Waals surface area contributed by atoms with E-state index in [0.29, 0.717) is 4.90 Å². The van der Waals surface area contributed by atoms with Gasteiger partial charge in [0.1, 0.15) is 42.1 Å². The maximum Gasteiger partial charge on any atom is 0.303 e. The summed E-state index contributed by atoms with van der Waals surface area (Å²) < 4.78 is 45.1. The van der Waals surface area contributed by atoms with Crippen molar-refractivity contribution in [2.24, 2.45) is 0 Å². The molecule has 10 nitrogen and oxygen atoms in total. The zero-order chi connectivity index (χ0) is 28.3. The smallest absolute Gasteiger partial charge is 0.303 e. The Hall–Kier alpha value is -3.57. The summed E-state index contributed by atoms with van der Waals surface area (Å²) in [7, 11) is 0. The summed E-state index contributed by atoms with van der Waals surface area (Å²) in [5.41, 5.74) is -0.365. The molecular weight excluding hydrogens is 558 g/mol. The zero-order valence-corrected chi connectivity index (χ0v) is 22.0. The van der Waals surface area contributed by atoms with Gasteiger partial charge in [0.05, 0.1) is 16.8 Å². The lowest BCUT2D eigenvalue weighted by Crippen LogP contribution is -2.56. The van der Waals surface area contributed by atoms with E-state index in [-0.39, 0.29) is 28.5 Å². The third kappa shape index (κ3) is 6.54. The molecule has 0 spiro atoms. The number of ether oxygens (including phenoxy) is 3. The molecule has 0 bridgehead atoms. The van der Waals surface area contributed by atoms with Crippen molar-refractivity contribution in [1.29, 1.82) is 5.26 Å². The third-order valence-corrected chi connectivity index (χ3v) is 7.20. The number of nitriles is 1. The Morgan fingerprint density at radius 1 is 1.21 bits per heavy atom. The first-order chi connectivity index (χ1) is 18.6. The van der Waals surface area contributed by atoms with E-state index >= 15 is 0 Å². The van der Waals surface area contributed by atoms with Crippen molar-refractivity contribution in [2.75, 3.05) is 6.61 Å².